The third-order valence-electron chi connectivity index (χ3n) is 2.92. The monoisotopic (exact) mass is 398 g/mol. The van der Waals surface area contributed by atoms with Crippen LogP contribution in [-0.2, 0) is 4.79 Å². The molecule has 1 amide bonds. The SMILES string of the molecule is O=C(COc1ccccc1F)NNC(=S)Nc1cc([N+](=O)[O-])ccc1Cl. The first-order valence-electron chi connectivity index (χ1n) is 7.04. The van der Waals surface area contributed by atoms with Crippen LogP contribution < -0.4 is 20.9 Å². The Bertz CT molecular complexity index is 852. The summed E-state index contributed by atoms with van der Waals surface area (Å²) in [5, 5.41) is 13.5. The molecule has 0 fully saturated rings. The maximum Gasteiger partial charge on any atom is 0.276 e. The summed E-state index contributed by atoms with van der Waals surface area (Å²) in [5.74, 6) is -1.28. The number of nitro groups is 1. The number of non-ortho nitro benzene ring substituents is 1. The number of halogens is 2. The molecule has 8 nitrogen and oxygen atoms in total. The van der Waals surface area contributed by atoms with Crippen LogP contribution >= 0.6 is 23.8 Å². The van der Waals surface area contributed by atoms with Crippen molar-refractivity contribution in [3.05, 3.63) is 63.4 Å². The van der Waals surface area contributed by atoms with E-state index in [2.05, 4.69) is 16.2 Å². The summed E-state index contributed by atoms with van der Waals surface area (Å²) in [5.41, 5.74) is 4.62. The first-order chi connectivity index (χ1) is 12.4. The molecular weight excluding hydrogens is 387 g/mol. The molecule has 3 N–H and O–H groups in total. The molecule has 0 aromatic heterocycles. The van der Waals surface area contributed by atoms with E-state index in [1.165, 1.54) is 36.4 Å². The van der Waals surface area contributed by atoms with E-state index < -0.39 is 23.3 Å². The standard InChI is InChI=1S/C15H12ClFN4O4S/c16-10-6-5-9(21(23)24)7-12(10)18-15(26)20-19-14(22)8-25-13-4-2-1-3-11(13)17/h1-7H,8H2,(H,19,22)(H2,18,20,26). The summed E-state index contributed by atoms with van der Waals surface area (Å²) in [7, 11) is 0. The molecule has 136 valence electrons. The third-order valence-corrected chi connectivity index (χ3v) is 3.45. The Balaban J connectivity index is 1.83. The molecule has 0 bridgehead atoms. The summed E-state index contributed by atoms with van der Waals surface area (Å²) >= 11 is 10.9. The first-order valence-corrected chi connectivity index (χ1v) is 7.82. The number of ether oxygens (including phenoxy) is 1. The van der Waals surface area contributed by atoms with Crippen LogP contribution in [0.2, 0.25) is 5.02 Å². The van der Waals surface area contributed by atoms with Gasteiger partial charge in [-0.1, -0.05) is 23.7 Å². The highest BCUT2D eigenvalue weighted by atomic mass is 35.5. The van der Waals surface area contributed by atoms with Crippen LogP contribution in [0.4, 0.5) is 15.8 Å². The van der Waals surface area contributed by atoms with Crippen LogP contribution in [0, 0.1) is 15.9 Å². The van der Waals surface area contributed by atoms with Gasteiger partial charge in [0.05, 0.1) is 15.6 Å². The van der Waals surface area contributed by atoms with Crippen molar-refractivity contribution in [1.82, 2.24) is 10.9 Å². The minimum atomic E-state index is -0.623. The first kappa shape index (κ1) is 19.3. The molecule has 0 aliphatic carbocycles. The Morgan fingerprint density at radius 3 is 2.69 bits per heavy atom. The Labute approximate surface area is 157 Å². The van der Waals surface area contributed by atoms with Crippen molar-refractivity contribution in [2.45, 2.75) is 0 Å². The molecule has 0 atom stereocenters. The fraction of sp³-hybridized carbons (Fsp3) is 0.0667. The van der Waals surface area contributed by atoms with Crippen molar-refractivity contribution in [1.29, 1.82) is 0 Å². The zero-order valence-corrected chi connectivity index (χ0v) is 14.6. The molecular formula is C15H12ClFN4O4S. The molecule has 2 aromatic rings. The van der Waals surface area contributed by atoms with Crippen molar-refractivity contribution in [3.63, 3.8) is 0 Å². The molecule has 0 spiro atoms. The normalized spacial score (nSPS) is 9.92. The molecule has 26 heavy (non-hydrogen) atoms. The van der Waals surface area contributed by atoms with Crippen molar-refractivity contribution < 1.29 is 18.8 Å². The fourth-order valence-electron chi connectivity index (χ4n) is 1.74. The largest absolute Gasteiger partial charge is 0.481 e. The summed E-state index contributed by atoms with van der Waals surface area (Å²) in [4.78, 5) is 21.9. The molecule has 2 rings (SSSR count). The van der Waals surface area contributed by atoms with E-state index in [-0.39, 0.29) is 27.3 Å². The van der Waals surface area contributed by atoms with Crippen molar-refractivity contribution in [2.24, 2.45) is 0 Å². The van der Waals surface area contributed by atoms with Gasteiger partial charge in [0.25, 0.3) is 11.6 Å². The fourth-order valence-corrected chi connectivity index (χ4v) is 2.07. The molecule has 0 heterocycles. The summed E-state index contributed by atoms with van der Waals surface area (Å²) < 4.78 is 18.4. The Kier molecular flexibility index (Phi) is 6.64. The Morgan fingerprint density at radius 2 is 2.00 bits per heavy atom. The topological polar surface area (TPSA) is 106 Å². The number of nitro benzene ring substituents is 1. The number of hydrazine groups is 1. The highest BCUT2D eigenvalue weighted by Gasteiger charge is 2.11. The van der Waals surface area contributed by atoms with Gasteiger partial charge in [0.1, 0.15) is 0 Å². The van der Waals surface area contributed by atoms with Crippen LogP contribution in [0.15, 0.2) is 42.5 Å². The average Bonchev–Trinajstić information content (AvgIpc) is 2.61. The number of nitrogens with zero attached hydrogens (tertiary/aromatic N) is 1. The van der Waals surface area contributed by atoms with Gasteiger partial charge in [-0.25, -0.2) is 4.39 Å². The lowest BCUT2D eigenvalue weighted by molar-refractivity contribution is -0.384. The molecule has 0 saturated carbocycles. The number of amides is 1. The number of nitrogens with one attached hydrogen (secondary N) is 3. The molecule has 11 heteroatoms. The van der Waals surface area contributed by atoms with Crippen LogP contribution in [0.1, 0.15) is 0 Å². The predicted molar refractivity (Wildman–Crippen MR) is 97.5 cm³/mol. The van der Waals surface area contributed by atoms with Crippen LogP contribution in [0.5, 0.6) is 5.75 Å². The lowest BCUT2D eigenvalue weighted by atomic mass is 10.3. The lowest BCUT2D eigenvalue weighted by Crippen LogP contribution is -2.45. The number of thiocarbonyl (C=S) groups is 1. The van der Waals surface area contributed by atoms with E-state index in [1.807, 2.05) is 0 Å². The smallest absolute Gasteiger partial charge is 0.276 e. The zero-order chi connectivity index (χ0) is 19.1. The Hall–Kier alpha value is -2.98. The highest BCUT2D eigenvalue weighted by molar-refractivity contribution is 7.80. The van der Waals surface area contributed by atoms with Gasteiger partial charge in [-0.3, -0.25) is 25.8 Å². The molecule has 0 unspecified atom stereocenters. The zero-order valence-electron chi connectivity index (χ0n) is 13.0. The van der Waals surface area contributed by atoms with E-state index in [9.17, 15) is 19.3 Å². The molecule has 2 aromatic carbocycles. The van der Waals surface area contributed by atoms with Gasteiger partial charge in [0.15, 0.2) is 23.3 Å². The molecule has 0 aliphatic heterocycles. The number of para-hydroxylation sites is 1. The average molecular weight is 399 g/mol. The highest BCUT2D eigenvalue weighted by Crippen LogP contribution is 2.26. The summed E-state index contributed by atoms with van der Waals surface area (Å²) in [6.45, 7) is -0.450. The van der Waals surface area contributed by atoms with Crippen molar-refractivity contribution >= 4 is 46.2 Å². The number of anilines is 1. The van der Waals surface area contributed by atoms with Crippen LogP contribution in [-0.4, -0.2) is 22.5 Å². The van der Waals surface area contributed by atoms with Crippen molar-refractivity contribution in [3.8, 4) is 5.75 Å². The number of carbonyl (C=O) groups is 1. The van der Waals surface area contributed by atoms with Gasteiger partial charge in [0, 0.05) is 12.1 Å². The van der Waals surface area contributed by atoms with Gasteiger partial charge in [-0.15, -0.1) is 0 Å². The lowest BCUT2D eigenvalue weighted by Gasteiger charge is -2.13. The number of hydrogen-bond acceptors (Lipinski definition) is 5. The maximum atomic E-state index is 13.4. The minimum absolute atomic E-state index is 0.0632. The van der Waals surface area contributed by atoms with Gasteiger partial charge in [0.2, 0.25) is 0 Å². The van der Waals surface area contributed by atoms with Gasteiger partial charge >= 0.3 is 0 Å². The van der Waals surface area contributed by atoms with Gasteiger partial charge in [-0.2, -0.15) is 0 Å². The quantitative estimate of drug-likeness (QED) is 0.404. The van der Waals surface area contributed by atoms with E-state index in [1.54, 1.807) is 6.07 Å². The third kappa shape index (κ3) is 5.53. The number of hydrogen-bond donors (Lipinski definition) is 3. The van der Waals surface area contributed by atoms with Crippen molar-refractivity contribution in [2.75, 3.05) is 11.9 Å². The number of rotatable bonds is 5. The van der Waals surface area contributed by atoms with Crippen LogP contribution in [0.25, 0.3) is 0 Å². The van der Waals surface area contributed by atoms with E-state index >= 15 is 0 Å². The molecule has 0 aliphatic rings. The maximum absolute atomic E-state index is 13.4. The van der Waals surface area contributed by atoms with Gasteiger partial charge in [-0.05, 0) is 30.4 Å². The number of benzene rings is 2. The second kappa shape index (κ2) is 8.92. The second-order valence-corrected chi connectivity index (χ2v) is 5.58. The van der Waals surface area contributed by atoms with E-state index in [4.69, 9.17) is 28.6 Å². The van der Waals surface area contributed by atoms with E-state index in [0.29, 0.717) is 0 Å². The summed E-state index contributed by atoms with van der Waals surface area (Å²) in [6.07, 6.45) is 0. The molecule has 0 radical (unpaired) electrons. The van der Waals surface area contributed by atoms with Crippen LogP contribution in [0.3, 0.4) is 0 Å². The molecule has 0 saturated heterocycles. The minimum Gasteiger partial charge on any atom is -0.481 e. The van der Waals surface area contributed by atoms with E-state index in [0.717, 1.165) is 0 Å². The Morgan fingerprint density at radius 1 is 1.27 bits per heavy atom. The number of carbonyl (C=O) groups excluding carboxylic acids is 1. The van der Waals surface area contributed by atoms with Gasteiger partial charge < -0.3 is 10.1 Å². The summed E-state index contributed by atoms with van der Waals surface area (Å²) in [6, 6.07) is 9.42. The predicted octanol–water partition coefficient (Wildman–Crippen LogP) is 2.78. The second-order valence-electron chi connectivity index (χ2n) is 4.77.